The summed E-state index contributed by atoms with van der Waals surface area (Å²) in [5.41, 5.74) is 0.658. The highest BCUT2D eigenvalue weighted by Gasteiger charge is 2.38. The molecule has 2 heterocycles. The Kier molecular flexibility index (Phi) is 4.32. The highest BCUT2D eigenvalue weighted by atomic mass is 16.5. The minimum absolute atomic E-state index is 0.0115. The minimum atomic E-state index is -0.0115. The average molecular weight is 338 g/mol. The van der Waals surface area contributed by atoms with Crippen LogP contribution in [0, 0.1) is 5.92 Å². The SMILES string of the molecule is COc1ccccc1Oc1ccc(C(=O)NC2CN3CCC2C3)cc1. The zero-order chi connectivity index (χ0) is 17.2. The van der Waals surface area contributed by atoms with Crippen LogP contribution in [0.15, 0.2) is 48.5 Å². The lowest BCUT2D eigenvalue weighted by Crippen LogP contribution is -2.43. The molecule has 0 saturated carbocycles. The number of piperidine rings is 1. The molecule has 2 aliphatic rings. The van der Waals surface area contributed by atoms with Gasteiger partial charge < -0.3 is 19.7 Å². The summed E-state index contributed by atoms with van der Waals surface area (Å²) in [6.45, 7) is 3.27. The number of para-hydroxylation sites is 2. The lowest BCUT2D eigenvalue weighted by atomic mass is 9.99. The van der Waals surface area contributed by atoms with Gasteiger partial charge in [-0.25, -0.2) is 0 Å². The molecule has 2 bridgehead atoms. The van der Waals surface area contributed by atoms with Crippen LogP contribution >= 0.6 is 0 Å². The zero-order valence-corrected chi connectivity index (χ0v) is 14.3. The van der Waals surface area contributed by atoms with Crippen molar-refractivity contribution >= 4 is 5.91 Å². The number of nitrogens with one attached hydrogen (secondary N) is 1. The fourth-order valence-electron chi connectivity index (χ4n) is 3.70. The molecule has 0 aromatic heterocycles. The van der Waals surface area contributed by atoms with Gasteiger partial charge in [-0.3, -0.25) is 4.79 Å². The van der Waals surface area contributed by atoms with Crippen molar-refractivity contribution < 1.29 is 14.3 Å². The molecule has 130 valence electrons. The molecule has 2 aliphatic heterocycles. The number of carbonyl (C=O) groups is 1. The predicted molar refractivity (Wildman–Crippen MR) is 95.3 cm³/mol. The Labute approximate surface area is 147 Å². The van der Waals surface area contributed by atoms with E-state index in [9.17, 15) is 4.79 Å². The summed E-state index contributed by atoms with van der Waals surface area (Å²) < 4.78 is 11.1. The molecule has 0 radical (unpaired) electrons. The van der Waals surface area contributed by atoms with E-state index in [-0.39, 0.29) is 11.9 Å². The first kappa shape index (κ1) is 16.0. The van der Waals surface area contributed by atoms with Gasteiger partial charge in [0.05, 0.1) is 7.11 Å². The fourth-order valence-corrected chi connectivity index (χ4v) is 3.70. The highest BCUT2D eigenvalue weighted by Crippen LogP contribution is 2.31. The number of ether oxygens (including phenoxy) is 2. The third kappa shape index (κ3) is 3.33. The quantitative estimate of drug-likeness (QED) is 0.911. The van der Waals surface area contributed by atoms with Crippen molar-refractivity contribution in [3.05, 3.63) is 54.1 Å². The topological polar surface area (TPSA) is 50.8 Å². The number of methoxy groups -OCH3 is 1. The van der Waals surface area contributed by atoms with Crippen LogP contribution in [-0.4, -0.2) is 43.6 Å². The first-order chi connectivity index (χ1) is 12.2. The Bertz CT molecular complexity index is 760. The van der Waals surface area contributed by atoms with E-state index in [1.54, 1.807) is 19.2 Å². The maximum absolute atomic E-state index is 12.5. The Hall–Kier alpha value is -2.53. The van der Waals surface area contributed by atoms with E-state index in [1.807, 2.05) is 36.4 Å². The normalized spacial score (nSPS) is 24.1. The van der Waals surface area contributed by atoms with Crippen LogP contribution < -0.4 is 14.8 Å². The Morgan fingerprint density at radius 2 is 1.84 bits per heavy atom. The van der Waals surface area contributed by atoms with Gasteiger partial charge in [0.25, 0.3) is 5.91 Å². The molecule has 2 aromatic rings. The lowest BCUT2D eigenvalue weighted by Gasteiger charge is -2.23. The fraction of sp³-hybridized carbons (Fsp3) is 0.350. The monoisotopic (exact) mass is 338 g/mol. The summed E-state index contributed by atoms with van der Waals surface area (Å²) in [5.74, 6) is 2.60. The number of benzene rings is 2. The van der Waals surface area contributed by atoms with Gasteiger partial charge in [0, 0.05) is 24.7 Å². The summed E-state index contributed by atoms with van der Waals surface area (Å²) in [6.07, 6.45) is 1.19. The van der Waals surface area contributed by atoms with Crippen LogP contribution in [-0.2, 0) is 0 Å². The van der Waals surface area contributed by atoms with Crippen LogP contribution in [0.5, 0.6) is 17.2 Å². The average Bonchev–Trinajstić information content (AvgIpc) is 3.26. The van der Waals surface area contributed by atoms with E-state index in [4.69, 9.17) is 9.47 Å². The molecule has 0 aliphatic carbocycles. The third-order valence-corrected chi connectivity index (χ3v) is 5.06. The largest absolute Gasteiger partial charge is 0.493 e. The van der Waals surface area contributed by atoms with Gasteiger partial charge in [0.2, 0.25) is 0 Å². The second kappa shape index (κ2) is 6.76. The second-order valence-electron chi connectivity index (χ2n) is 6.67. The highest BCUT2D eigenvalue weighted by molar-refractivity contribution is 5.94. The molecule has 5 heteroatoms. The van der Waals surface area contributed by atoms with Gasteiger partial charge >= 0.3 is 0 Å². The van der Waals surface area contributed by atoms with Gasteiger partial charge in [-0.05, 0) is 55.3 Å². The smallest absolute Gasteiger partial charge is 0.251 e. The van der Waals surface area contributed by atoms with E-state index >= 15 is 0 Å². The molecule has 3 atom stereocenters. The summed E-state index contributed by atoms with van der Waals surface area (Å²) in [6, 6.07) is 15.0. The maximum Gasteiger partial charge on any atom is 0.251 e. The Morgan fingerprint density at radius 3 is 2.48 bits per heavy atom. The number of rotatable bonds is 5. The van der Waals surface area contributed by atoms with Gasteiger partial charge in [-0.2, -0.15) is 0 Å². The van der Waals surface area contributed by atoms with Crippen molar-refractivity contribution in [3.63, 3.8) is 0 Å². The van der Waals surface area contributed by atoms with Gasteiger partial charge in [0.15, 0.2) is 11.5 Å². The third-order valence-electron chi connectivity index (χ3n) is 5.06. The van der Waals surface area contributed by atoms with Gasteiger partial charge in [0.1, 0.15) is 5.75 Å². The molecule has 2 aromatic carbocycles. The maximum atomic E-state index is 12.5. The zero-order valence-electron chi connectivity index (χ0n) is 14.3. The molecule has 4 rings (SSSR count). The second-order valence-corrected chi connectivity index (χ2v) is 6.67. The molecule has 1 N–H and O–H groups in total. The number of hydrogen-bond acceptors (Lipinski definition) is 4. The van der Waals surface area contributed by atoms with E-state index in [0.29, 0.717) is 28.7 Å². The van der Waals surface area contributed by atoms with Crippen LogP contribution in [0.25, 0.3) is 0 Å². The van der Waals surface area contributed by atoms with Gasteiger partial charge in [-0.1, -0.05) is 12.1 Å². The van der Waals surface area contributed by atoms with E-state index in [1.165, 1.54) is 13.0 Å². The number of fused-ring (bicyclic) bond motifs is 2. The molecular weight excluding hydrogens is 316 g/mol. The van der Waals surface area contributed by atoms with E-state index in [0.717, 1.165) is 13.1 Å². The van der Waals surface area contributed by atoms with Crippen molar-refractivity contribution in [2.24, 2.45) is 5.92 Å². The summed E-state index contributed by atoms with van der Waals surface area (Å²) >= 11 is 0. The molecule has 0 spiro atoms. The van der Waals surface area contributed by atoms with Crippen LogP contribution in [0.1, 0.15) is 16.8 Å². The van der Waals surface area contributed by atoms with Crippen molar-refractivity contribution in [1.82, 2.24) is 10.2 Å². The number of hydrogen-bond donors (Lipinski definition) is 1. The standard InChI is InChI=1S/C20H22N2O3/c1-24-18-4-2-3-5-19(18)25-16-8-6-14(7-9-16)20(23)21-17-13-22-11-10-15(17)12-22/h2-9,15,17H,10-13H2,1H3,(H,21,23). The Morgan fingerprint density at radius 1 is 1.08 bits per heavy atom. The summed E-state index contributed by atoms with van der Waals surface area (Å²) in [7, 11) is 1.61. The van der Waals surface area contributed by atoms with Crippen LogP contribution in [0.3, 0.4) is 0 Å². The van der Waals surface area contributed by atoms with Crippen molar-refractivity contribution in [2.45, 2.75) is 12.5 Å². The number of carbonyl (C=O) groups excluding carboxylic acids is 1. The lowest BCUT2D eigenvalue weighted by molar-refractivity contribution is 0.0924. The van der Waals surface area contributed by atoms with Crippen molar-refractivity contribution in [2.75, 3.05) is 26.7 Å². The summed E-state index contributed by atoms with van der Waals surface area (Å²) in [5, 5.41) is 3.17. The first-order valence-electron chi connectivity index (χ1n) is 8.67. The number of nitrogens with zero attached hydrogens (tertiary/aromatic N) is 1. The molecule has 2 saturated heterocycles. The first-order valence-corrected chi connectivity index (χ1v) is 8.67. The number of amides is 1. The molecule has 1 amide bonds. The molecule has 5 nitrogen and oxygen atoms in total. The van der Waals surface area contributed by atoms with Gasteiger partial charge in [-0.15, -0.1) is 0 Å². The van der Waals surface area contributed by atoms with Crippen molar-refractivity contribution in [3.8, 4) is 17.2 Å². The molecular formula is C20H22N2O3. The van der Waals surface area contributed by atoms with Crippen molar-refractivity contribution in [1.29, 1.82) is 0 Å². The molecule has 25 heavy (non-hydrogen) atoms. The Balaban J connectivity index is 1.40. The van der Waals surface area contributed by atoms with E-state index in [2.05, 4.69) is 10.2 Å². The minimum Gasteiger partial charge on any atom is -0.493 e. The molecule has 3 unspecified atom stereocenters. The summed E-state index contributed by atoms with van der Waals surface area (Å²) in [4.78, 5) is 14.9. The van der Waals surface area contributed by atoms with Crippen LogP contribution in [0.2, 0.25) is 0 Å². The predicted octanol–water partition coefficient (Wildman–Crippen LogP) is 2.92. The molecule has 2 fully saturated rings. The van der Waals surface area contributed by atoms with E-state index < -0.39 is 0 Å². The van der Waals surface area contributed by atoms with Crippen LogP contribution in [0.4, 0.5) is 0 Å².